The van der Waals surface area contributed by atoms with Gasteiger partial charge in [-0.2, -0.15) is 0 Å². The Hall–Kier alpha value is -1.59. The molecule has 4 heterocycles. The van der Waals surface area contributed by atoms with Gasteiger partial charge in [0.25, 0.3) is 5.91 Å². The third-order valence-corrected chi connectivity index (χ3v) is 7.98. The van der Waals surface area contributed by atoms with Crippen molar-refractivity contribution in [1.29, 1.82) is 0 Å². The summed E-state index contributed by atoms with van der Waals surface area (Å²) in [5.41, 5.74) is 0.285. The number of benzene rings is 1. The molecule has 7 rings (SSSR count). The van der Waals surface area contributed by atoms with E-state index >= 15 is 0 Å². The first-order chi connectivity index (χ1) is 12.7. The van der Waals surface area contributed by atoms with Gasteiger partial charge >= 0.3 is 0 Å². The van der Waals surface area contributed by atoms with E-state index in [1.54, 1.807) is 11.3 Å². The zero-order valence-corrected chi connectivity index (χ0v) is 15.7. The zero-order valence-electron chi connectivity index (χ0n) is 14.9. The van der Waals surface area contributed by atoms with Gasteiger partial charge in [0.05, 0.1) is 21.7 Å². The van der Waals surface area contributed by atoms with Crippen LogP contribution in [0.5, 0.6) is 5.75 Å². The molecule has 1 aromatic carbocycles. The summed E-state index contributed by atoms with van der Waals surface area (Å²) in [6, 6.07) is 8.52. The van der Waals surface area contributed by atoms with Crippen LogP contribution in [0.15, 0.2) is 24.3 Å². The van der Waals surface area contributed by atoms with Crippen molar-refractivity contribution in [2.45, 2.75) is 56.2 Å². The van der Waals surface area contributed by atoms with Gasteiger partial charge in [-0.1, -0.05) is 12.1 Å². The molecule has 136 valence electrons. The van der Waals surface area contributed by atoms with E-state index in [4.69, 9.17) is 4.74 Å². The number of nitrogens with one attached hydrogen (secondary N) is 1. The summed E-state index contributed by atoms with van der Waals surface area (Å²) in [6.45, 7) is 2.45. The standard InChI is InChI=1S/C21H24N2O2S/c24-20(22-19-13-6-10-23(11-7-13)21(19)8-9-21)17-12-14-2-1-3-16(18(14)26-17)25-15-4-5-15/h1-3,12-13,15,19H,4-11H2,(H,22,24). The SMILES string of the molecule is O=C(NC1C2CCN(CC2)C12CC2)c1cc2cccc(OC3CC3)c2s1. The van der Waals surface area contributed by atoms with E-state index < -0.39 is 0 Å². The molecule has 5 aliphatic rings. The molecule has 2 bridgehead atoms. The van der Waals surface area contributed by atoms with Crippen LogP contribution in [0.25, 0.3) is 10.1 Å². The normalized spacial score (nSPS) is 31.3. The summed E-state index contributed by atoms with van der Waals surface area (Å²) in [6.07, 6.45) is 7.65. The van der Waals surface area contributed by atoms with Crippen LogP contribution in [-0.2, 0) is 0 Å². The highest BCUT2D eigenvalue weighted by atomic mass is 32.1. The number of nitrogens with zero attached hydrogens (tertiary/aromatic N) is 1. The van der Waals surface area contributed by atoms with E-state index in [2.05, 4.69) is 16.3 Å². The first kappa shape index (κ1) is 15.5. The fourth-order valence-corrected chi connectivity index (χ4v) is 6.16. The number of hydrogen-bond acceptors (Lipinski definition) is 4. The second-order valence-corrected chi connectivity index (χ2v) is 9.53. The Morgan fingerprint density at radius 3 is 2.73 bits per heavy atom. The Labute approximate surface area is 157 Å². The summed E-state index contributed by atoms with van der Waals surface area (Å²) in [4.78, 5) is 16.5. The van der Waals surface area contributed by atoms with Crippen LogP contribution >= 0.6 is 11.3 Å². The number of hydrogen-bond donors (Lipinski definition) is 1. The minimum absolute atomic E-state index is 0.105. The fourth-order valence-electron chi connectivity index (χ4n) is 5.14. The molecule has 1 atom stereocenters. The van der Waals surface area contributed by atoms with Crippen LogP contribution in [0.2, 0.25) is 0 Å². The monoisotopic (exact) mass is 368 g/mol. The summed E-state index contributed by atoms with van der Waals surface area (Å²) >= 11 is 1.58. The van der Waals surface area contributed by atoms with E-state index in [1.165, 1.54) is 38.8 Å². The Bertz CT molecular complexity index is 875. The number of rotatable bonds is 4. The Morgan fingerprint density at radius 1 is 1.19 bits per heavy atom. The first-order valence-corrected chi connectivity index (χ1v) is 10.8. The smallest absolute Gasteiger partial charge is 0.261 e. The zero-order chi connectivity index (χ0) is 17.3. The molecule has 26 heavy (non-hydrogen) atoms. The molecule has 2 saturated carbocycles. The maximum Gasteiger partial charge on any atom is 0.261 e. The molecule has 1 N–H and O–H groups in total. The van der Waals surface area contributed by atoms with Crippen LogP contribution in [0.3, 0.4) is 0 Å². The number of fused-ring (bicyclic) bond motifs is 3. The summed E-state index contributed by atoms with van der Waals surface area (Å²) in [7, 11) is 0. The van der Waals surface area contributed by atoms with Gasteiger partial charge in [-0.05, 0) is 75.1 Å². The average Bonchev–Trinajstić information content (AvgIpc) is 3.58. The molecule has 1 aromatic heterocycles. The van der Waals surface area contributed by atoms with Gasteiger partial charge in [-0.3, -0.25) is 9.69 Å². The third-order valence-electron chi connectivity index (χ3n) is 6.82. The predicted molar refractivity (Wildman–Crippen MR) is 103 cm³/mol. The molecule has 1 amide bonds. The van der Waals surface area contributed by atoms with Crippen LogP contribution in [0.4, 0.5) is 0 Å². The molecule has 0 radical (unpaired) electrons. The van der Waals surface area contributed by atoms with Crippen molar-refractivity contribution in [2.24, 2.45) is 5.92 Å². The Balaban J connectivity index is 1.27. The fraction of sp³-hybridized carbons (Fsp3) is 0.571. The van der Waals surface area contributed by atoms with Crippen molar-refractivity contribution in [1.82, 2.24) is 10.2 Å². The molecule has 3 saturated heterocycles. The minimum atomic E-state index is 0.105. The van der Waals surface area contributed by atoms with Crippen LogP contribution in [0.1, 0.15) is 48.2 Å². The van der Waals surface area contributed by atoms with Gasteiger partial charge < -0.3 is 10.1 Å². The van der Waals surface area contributed by atoms with Crippen molar-refractivity contribution in [3.05, 3.63) is 29.1 Å². The molecular formula is C21H24N2O2S. The number of thiophene rings is 1. The third kappa shape index (κ3) is 2.33. The van der Waals surface area contributed by atoms with E-state index in [1.807, 2.05) is 18.2 Å². The van der Waals surface area contributed by atoms with Gasteiger partial charge in [-0.15, -0.1) is 11.3 Å². The highest BCUT2D eigenvalue weighted by Gasteiger charge is 2.60. The van der Waals surface area contributed by atoms with E-state index in [9.17, 15) is 4.79 Å². The summed E-state index contributed by atoms with van der Waals surface area (Å²) in [5.74, 6) is 1.71. The molecule has 5 fully saturated rings. The number of carbonyl (C=O) groups excluding carboxylic acids is 1. The minimum Gasteiger partial charge on any atom is -0.489 e. The van der Waals surface area contributed by atoms with E-state index in [0.717, 1.165) is 33.6 Å². The lowest BCUT2D eigenvalue weighted by Gasteiger charge is -2.52. The topological polar surface area (TPSA) is 41.6 Å². The second-order valence-electron chi connectivity index (χ2n) is 8.48. The highest BCUT2D eigenvalue weighted by Crippen LogP contribution is 2.53. The molecule has 1 unspecified atom stereocenters. The van der Waals surface area contributed by atoms with E-state index in [-0.39, 0.29) is 11.4 Å². The quantitative estimate of drug-likeness (QED) is 0.892. The Morgan fingerprint density at radius 2 is 2.00 bits per heavy atom. The van der Waals surface area contributed by atoms with Gasteiger partial charge in [0.15, 0.2) is 0 Å². The van der Waals surface area contributed by atoms with Crippen molar-refractivity contribution in [2.75, 3.05) is 13.1 Å². The molecule has 2 aliphatic carbocycles. The lowest BCUT2D eigenvalue weighted by atomic mass is 9.77. The van der Waals surface area contributed by atoms with Crippen molar-refractivity contribution in [3.8, 4) is 5.75 Å². The van der Waals surface area contributed by atoms with Gasteiger partial charge in [0.1, 0.15) is 5.75 Å². The maximum atomic E-state index is 13.1. The number of piperidine rings is 3. The summed E-state index contributed by atoms with van der Waals surface area (Å²) in [5, 5.41) is 4.56. The van der Waals surface area contributed by atoms with Gasteiger partial charge in [0, 0.05) is 5.54 Å². The lowest BCUT2D eigenvalue weighted by Crippen LogP contribution is -2.65. The first-order valence-electron chi connectivity index (χ1n) is 9.98. The molecule has 1 spiro atoms. The van der Waals surface area contributed by atoms with Crippen LogP contribution in [0, 0.1) is 5.92 Å². The maximum absolute atomic E-state index is 13.1. The number of ether oxygens (including phenoxy) is 1. The molecule has 3 aliphatic heterocycles. The van der Waals surface area contributed by atoms with Gasteiger partial charge in [0.2, 0.25) is 0 Å². The van der Waals surface area contributed by atoms with Crippen LogP contribution < -0.4 is 10.1 Å². The largest absolute Gasteiger partial charge is 0.489 e. The molecule has 4 nitrogen and oxygen atoms in total. The summed E-state index contributed by atoms with van der Waals surface area (Å²) < 4.78 is 7.15. The van der Waals surface area contributed by atoms with Crippen molar-refractivity contribution in [3.63, 3.8) is 0 Å². The molecule has 2 aromatic rings. The molecule has 5 heteroatoms. The van der Waals surface area contributed by atoms with E-state index in [0.29, 0.717) is 18.1 Å². The highest BCUT2D eigenvalue weighted by molar-refractivity contribution is 7.21. The van der Waals surface area contributed by atoms with Crippen molar-refractivity contribution < 1.29 is 9.53 Å². The second kappa shape index (κ2) is 5.46. The number of carbonyl (C=O) groups is 1. The van der Waals surface area contributed by atoms with Crippen molar-refractivity contribution >= 4 is 27.3 Å². The number of amides is 1. The molecular weight excluding hydrogens is 344 g/mol. The Kier molecular flexibility index (Phi) is 3.25. The van der Waals surface area contributed by atoms with Gasteiger partial charge in [-0.25, -0.2) is 0 Å². The predicted octanol–water partition coefficient (Wildman–Crippen LogP) is 3.80. The lowest BCUT2D eigenvalue weighted by molar-refractivity contribution is -0.00138. The van der Waals surface area contributed by atoms with Crippen LogP contribution in [-0.4, -0.2) is 41.6 Å². The average molecular weight is 369 g/mol.